The van der Waals surface area contributed by atoms with Crippen LogP contribution in [0.5, 0.6) is 0 Å². The Labute approximate surface area is 239 Å². The number of rotatable bonds is 10. The van der Waals surface area contributed by atoms with Gasteiger partial charge in [0.15, 0.2) is 0 Å². The van der Waals surface area contributed by atoms with Crippen LogP contribution >= 0.6 is 23.2 Å². The average Bonchev–Trinajstić information content (AvgIpc) is 3.26. The van der Waals surface area contributed by atoms with Crippen LogP contribution in [0.1, 0.15) is 38.3 Å². The SMILES string of the molecule is C\C=C(C)/C(=C\C(Cl)=C/C)CC(/C=N\N(C)CN1COC2(C(=O)OC)Cc3cc(Cl)ccc3C2=N1)C(=O)OC. The van der Waals surface area contributed by atoms with Gasteiger partial charge in [0, 0.05) is 35.3 Å². The van der Waals surface area contributed by atoms with Crippen molar-refractivity contribution >= 4 is 47.1 Å². The number of ether oxygens (including phenoxy) is 3. The maximum absolute atomic E-state index is 12.8. The number of carbonyl (C=O) groups excluding carboxylic acids is 2. The van der Waals surface area contributed by atoms with Crippen molar-refractivity contribution in [1.82, 2.24) is 10.0 Å². The highest BCUT2D eigenvalue weighted by atomic mass is 35.5. The molecule has 0 saturated carbocycles. The third kappa shape index (κ3) is 6.90. The molecule has 0 amide bonds. The first-order chi connectivity index (χ1) is 18.6. The molecular formula is C28H34Cl2N4O5. The van der Waals surface area contributed by atoms with Gasteiger partial charge in [0.05, 0.1) is 20.1 Å². The van der Waals surface area contributed by atoms with Gasteiger partial charge in [-0.1, -0.05) is 47.0 Å². The molecule has 0 aromatic heterocycles. The Hall–Kier alpha value is -3.14. The Morgan fingerprint density at radius 2 is 2.03 bits per heavy atom. The average molecular weight is 578 g/mol. The third-order valence-electron chi connectivity index (χ3n) is 6.64. The number of hydrogen-bond acceptors (Lipinski definition) is 9. The molecule has 2 unspecified atom stereocenters. The van der Waals surface area contributed by atoms with Gasteiger partial charge >= 0.3 is 11.9 Å². The lowest BCUT2D eigenvalue weighted by Crippen LogP contribution is -2.54. The smallest absolute Gasteiger partial charge is 0.345 e. The van der Waals surface area contributed by atoms with E-state index in [9.17, 15) is 9.59 Å². The molecule has 11 heteroatoms. The summed E-state index contributed by atoms with van der Waals surface area (Å²) in [5.74, 6) is -1.56. The van der Waals surface area contributed by atoms with Gasteiger partial charge in [-0.15, -0.1) is 0 Å². The molecule has 39 heavy (non-hydrogen) atoms. The second kappa shape index (κ2) is 13.3. The highest BCUT2D eigenvalue weighted by molar-refractivity contribution is 6.31. The number of halogens is 2. The normalized spacial score (nSPS) is 20.4. The van der Waals surface area contributed by atoms with E-state index in [1.54, 1.807) is 41.5 Å². The van der Waals surface area contributed by atoms with Crippen LogP contribution in [0, 0.1) is 5.92 Å². The molecule has 1 heterocycles. The summed E-state index contributed by atoms with van der Waals surface area (Å²) >= 11 is 12.4. The zero-order valence-electron chi connectivity index (χ0n) is 23.0. The molecule has 0 N–H and O–H groups in total. The Bertz CT molecular complexity index is 1260. The maximum Gasteiger partial charge on any atom is 0.345 e. The van der Waals surface area contributed by atoms with Gasteiger partial charge in [0.25, 0.3) is 0 Å². The fraction of sp³-hybridized carbons (Fsp3) is 0.429. The Kier molecular flexibility index (Phi) is 10.4. The largest absolute Gasteiger partial charge is 0.469 e. The molecule has 2 atom stereocenters. The minimum atomic E-state index is -1.32. The zero-order valence-corrected chi connectivity index (χ0v) is 24.5. The van der Waals surface area contributed by atoms with Crippen molar-refractivity contribution in [3.63, 3.8) is 0 Å². The van der Waals surface area contributed by atoms with E-state index >= 15 is 0 Å². The van der Waals surface area contributed by atoms with E-state index in [-0.39, 0.29) is 19.8 Å². The van der Waals surface area contributed by atoms with Gasteiger partial charge in [-0.05, 0) is 56.5 Å². The van der Waals surface area contributed by atoms with Crippen molar-refractivity contribution in [3.8, 4) is 0 Å². The van der Waals surface area contributed by atoms with Gasteiger partial charge in [-0.25, -0.2) is 4.79 Å². The third-order valence-corrected chi connectivity index (χ3v) is 7.21. The molecule has 1 aliphatic heterocycles. The van der Waals surface area contributed by atoms with Gasteiger partial charge < -0.3 is 14.2 Å². The summed E-state index contributed by atoms with van der Waals surface area (Å²) in [7, 11) is 4.42. The molecule has 0 bridgehead atoms. The van der Waals surface area contributed by atoms with Crippen molar-refractivity contribution in [2.24, 2.45) is 16.1 Å². The first kappa shape index (κ1) is 30.4. The van der Waals surface area contributed by atoms with Crippen molar-refractivity contribution in [1.29, 1.82) is 0 Å². The van der Waals surface area contributed by atoms with Crippen LogP contribution < -0.4 is 0 Å². The number of hydrogen-bond donors (Lipinski definition) is 0. The number of carbonyl (C=O) groups is 2. The first-order valence-electron chi connectivity index (χ1n) is 12.4. The van der Waals surface area contributed by atoms with Crippen LogP contribution in [0.3, 0.4) is 0 Å². The summed E-state index contributed by atoms with van der Waals surface area (Å²) in [6.45, 7) is 6.00. The highest BCUT2D eigenvalue weighted by Crippen LogP contribution is 2.38. The summed E-state index contributed by atoms with van der Waals surface area (Å²) < 4.78 is 16.2. The fourth-order valence-corrected chi connectivity index (χ4v) is 4.73. The lowest BCUT2D eigenvalue weighted by Gasteiger charge is -2.36. The number of esters is 2. The maximum atomic E-state index is 12.8. The van der Waals surface area contributed by atoms with Gasteiger partial charge in [0.1, 0.15) is 19.1 Å². The van der Waals surface area contributed by atoms with E-state index in [4.69, 9.17) is 42.5 Å². The molecule has 1 aromatic rings. The lowest BCUT2D eigenvalue weighted by molar-refractivity contribution is -0.168. The predicted octanol–water partition coefficient (Wildman–Crippen LogP) is 4.89. The number of nitrogens with zero attached hydrogens (tertiary/aromatic N) is 4. The summed E-state index contributed by atoms with van der Waals surface area (Å²) in [5, 5.41) is 13.6. The summed E-state index contributed by atoms with van der Waals surface area (Å²) in [5.41, 5.74) is 2.69. The standard InChI is InChI=1S/C28H34Cl2N4O5/c1-7-18(3)19(12-22(29)8-2)11-21(26(35)37-5)15-31-33(4)16-34-17-39-28(27(36)38-6)14-20-13-23(30)9-10-24(20)25(28)32-34/h7-10,12-13,15,21H,11,14,16-17H2,1-6H3/b18-7-,19-12-,22-8+,31-15-. The zero-order chi connectivity index (χ0) is 28.7. The molecule has 0 spiro atoms. The highest BCUT2D eigenvalue weighted by Gasteiger charge is 2.54. The van der Waals surface area contributed by atoms with E-state index in [0.717, 1.165) is 22.3 Å². The predicted molar refractivity (Wildman–Crippen MR) is 153 cm³/mol. The van der Waals surface area contributed by atoms with Crippen LogP contribution in [0.2, 0.25) is 5.02 Å². The van der Waals surface area contributed by atoms with Crippen LogP contribution in [-0.2, 0) is 30.2 Å². The second-order valence-corrected chi connectivity index (χ2v) is 10.1. The summed E-state index contributed by atoms with van der Waals surface area (Å²) in [6.07, 6.45) is 7.79. The number of fused-ring (bicyclic) bond motifs is 3. The minimum absolute atomic E-state index is 0.0375. The minimum Gasteiger partial charge on any atom is -0.469 e. The van der Waals surface area contributed by atoms with Crippen LogP contribution in [0.25, 0.3) is 0 Å². The molecule has 1 aliphatic carbocycles. The Balaban J connectivity index is 1.81. The van der Waals surface area contributed by atoms with E-state index in [1.165, 1.54) is 14.2 Å². The van der Waals surface area contributed by atoms with Gasteiger partial charge in [0.2, 0.25) is 5.60 Å². The first-order valence-corrected chi connectivity index (χ1v) is 13.2. The Morgan fingerprint density at radius 1 is 1.28 bits per heavy atom. The van der Waals surface area contributed by atoms with E-state index < -0.39 is 23.5 Å². The summed E-state index contributed by atoms with van der Waals surface area (Å²) in [6, 6.07) is 5.38. The van der Waals surface area contributed by atoms with Crippen molar-refractivity contribution in [2.75, 3.05) is 34.7 Å². The van der Waals surface area contributed by atoms with E-state index in [1.807, 2.05) is 39.0 Å². The van der Waals surface area contributed by atoms with Crippen LogP contribution in [0.4, 0.5) is 0 Å². The molecule has 2 aliphatic rings. The number of allylic oxidation sites excluding steroid dienone is 6. The Morgan fingerprint density at radius 3 is 2.67 bits per heavy atom. The quantitative estimate of drug-likeness (QED) is 0.169. The van der Waals surface area contributed by atoms with Crippen molar-refractivity contribution < 1.29 is 23.8 Å². The molecule has 1 aromatic carbocycles. The molecule has 210 valence electrons. The molecule has 3 rings (SSSR count). The molecule has 0 radical (unpaired) electrons. The topological polar surface area (TPSA) is 93.0 Å². The van der Waals surface area contributed by atoms with Gasteiger partial charge in [-0.3, -0.25) is 14.8 Å². The molecule has 9 nitrogen and oxygen atoms in total. The van der Waals surface area contributed by atoms with Crippen LogP contribution in [-0.4, -0.2) is 74.2 Å². The van der Waals surface area contributed by atoms with Crippen molar-refractivity contribution in [3.05, 3.63) is 68.8 Å². The summed E-state index contributed by atoms with van der Waals surface area (Å²) in [4.78, 5) is 25.4. The molecule has 0 fully saturated rings. The van der Waals surface area contributed by atoms with Crippen LogP contribution in [0.15, 0.2) is 62.8 Å². The number of hydrazone groups is 2. The molecule has 0 saturated heterocycles. The van der Waals surface area contributed by atoms with E-state index in [2.05, 4.69) is 5.10 Å². The van der Waals surface area contributed by atoms with E-state index in [0.29, 0.717) is 22.2 Å². The fourth-order valence-electron chi connectivity index (χ4n) is 4.40. The van der Waals surface area contributed by atoms with Gasteiger partial charge in [-0.2, -0.15) is 10.2 Å². The second-order valence-electron chi connectivity index (χ2n) is 9.24. The monoisotopic (exact) mass is 576 g/mol. The molecular weight excluding hydrogens is 543 g/mol. The number of methoxy groups -OCH3 is 2. The van der Waals surface area contributed by atoms with Crippen molar-refractivity contribution in [2.45, 2.75) is 39.2 Å². The number of benzene rings is 1. The lowest BCUT2D eigenvalue weighted by atomic mass is 9.95.